The van der Waals surface area contributed by atoms with Crippen LogP contribution in [0.5, 0.6) is 0 Å². The summed E-state index contributed by atoms with van der Waals surface area (Å²) >= 11 is 0. The lowest BCUT2D eigenvalue weighted by atomic mass is 9.95. The Morgan fingerprint density at radius 1 is 1.04 bits per heavy atom. The van der Waals surface area contributed by atoms with E-state index in [0.717, 1.165) is 41.3 Å². The van der Waals surface area contributed by atoms with Gasteiger partial charge in [0.15, 0.2) is 0 Å². The van der Waals surface area contributed by atoms with Crippen LogP contribution in [-0.2, 0) is 7.05 Å². The van der Waals surface area contributed by atoms with Gasteiger partial charge in [0.1, 0.15) is 5.82 Å². The van der Waals surface area contributed by atoms with Crippen LogP contribution >= 0.6 is 0 Å². The van der Waals surface area contributed by atoms with Gasteiger partial charge in [-0.15, -0.1) is 0 Å². The Balaban J connectivity index is 1.67. The average molecular weight is 367 g/mol. The predicted molar refractivity (Wildman–Crippen MR) is 114 cm³/mol. The minimum Gasteiger partial charge on any atom is -0.325 e. The number of hydrogen-bond donors (Lipinski definition) is 0. The Morgan fingerprint density at radius 3 is 2.75 bits per heavy atom. The highest BCUT2D eigenvalue weighted by Gasteiger charge is 2.25. The molecule has 0 aliphatic carbocycles. The first-order chi connectivity index (χ1) is 13.7. The zero-order valence-electron chi connectivity index (χ0n) is 16.0. The van der Waals surface area contributed by atoms with Crippen LogP contribution in [0.25, 0.3) is 21.9 Å². The third kappa shape index (κ3) is 2.67. The molecule has 0 atom stereocenters. The molecule has 0 unspecified atom stereocenters. The molecule has 0 bridgehead atoms. The zero-order valence-corrected chi connectivity index (χ0v) is 16.0. The SMILES string of the molecule is CN=C1CCN(c2nccc3ccccc23)c2ccc(-c3cnn(C)c3)cc21. The molecule has 2 aromatic heterocycles. The molecule has 0 fully saturated rings. The van der Waals surface area contributed by atoms with Crippen LogP contribution in [0.4, 0.5) is 11.5 Å². The molecule has 0 spiro atoms. The molecular weight excluding hydrogens is 346 g/mol. The fourth-order valence-corrected chi connectivity index (χ4v) is 4.00. The van der Waals surface area contributed by atoms with Gasteiger partial charge < -0.3 is 4.90 Å². The van der Waals surface area contributed by atoms with Gasteiger partial charge in [0.2, 0.25) is 0 Å². The third-order valence-corrected chi connectivity index (χ3v) is 5.39. The topological polar surface area (TPSA) is 46.3 Å². The van der Waals surface area contributed by atoms with Crippen LogP contribution in [0, 0.1) is 0 Å². The van der Waals surface area contributed by atoms with E-state index in [-0.39, 0.29) is 0 Å². The summed E-state index contributed by atoms with van der Waals surface area (Å²) in [5.41, 5.74) is 5.73. The van der Waals surface area contributed by atoms with Gasteiger partial charge in [0, 0.05) is 61.7 Å². The standard InChI is InChI=1S/C23H21N5/c1-24-21-10-12-28(23-19-6-4-3-5-16(19)9-11-25-23)22-8-7-17(13-20(21)22)18-14-26-27(2)15-18/h3-9,11,13-15H,10,12H2,1-2H3. The van der Waals surface area contributed by atoms with E-state index >= 15 is 0 Å². The fraction of sp³-hybridized carbons (Fsp3) is 0.174. The van der Waals surface area contributed by atoms with Gasteiger partial charge in [-0.2, -0.15) is 5.10 Å². The molecule has 1 aliphatic rings. The van der Waals surface area contributed by atoms with E-state index in [9.17, 15) is 0 Å². The van der Waals surface area contributed by atoms with Gasteiger partial charge in [-0.3, -0.25) is 9.67 Å². The second-order valence-electron chi connectivity index (χ2n) is 7.06. The van der Waals surface area contributed by atoms with E-state index in [1.165, 1.54) is 16.3 Å². The molecule has 1 aliphatic heterocycles. The third-order valence-electron chi connectivity index (χ3n) is 5.39. The van der Waals surface area contributed by atoms with Gasteiger partial charge in [-0.25, -0.2) is 4.98 Å². The van der Waals surface area contributed by atoms with Crippen molar-refractivity contribution in [2.75, 3.05) is 18.5 Å². The van der Waals surface area contributed by atoms with E-state index in [0.29, 0.717) is 0 Å². The normalized spacial score (nSPS) is 15.2. The van der Waals surface area contributed by atoms with Crippen LogP contribution in [0.1, 0.15) is 12.0 Å². The number of pyridine rings is 1. The lowest BCUT2D eigenvalue weighted by Crippen LogP contribution is -2.29. The first-order valence-electron chi connectivity index (χ1n) is 9.45. The number of aromatic nitrogens is 3. The first-order valence-corrected chi connectivity index (χ1v) is 9.45. The number of benzene rings is 2. The summed E-state index contributed by atoms with van der Waals surface area (Å²) in [7, 11) is 3.82. The van der Waals surface area contributed by atoms with Crippen LogP contribution in [0.15, 0.2) is 72.1 Å². The molecule has 0 N–H and O–H groups in total. The van der Waals surface area contributed by atoms with Crippen LogP contribution in [0.2, 0.25) is 0 Å². The van der Waals surface area contributed by atoms with Crippen molar-refractivity contribution in [2.24, 2.45) is 12.0 Å². The molecule has 0 saturated carbocycles. The van der Waals surface area contributed by atoms with E-state index in [4.69, 9.17) is 4.98 Å². The predicted octanol–water partition coefficient (Wildman–Crippen LogP) is 4.60. The van der Waals surface area contributed by atoms with Crippen molar-refractivity contribution >= 4 is 28.0 Å². The van der Waals surface area contributed by atoms with Gasteiger partial charge in [-0.05, 0) is 29.1 Å². The summed E-state index contributed by atoms with van der Waals surface area (Å²) in [6, 6.07) is 17.1. The monoisotopic (exact) mass is 367 g/mol. The quantitative estimate of drug-likeness (QED) is 0.520. The Hall–Kier alpha value is -3.47. The van der Waals surface area contributed by atoms with Crippen molar-refractivity contribution in [3.05, 3.63) is 72.7 Å². The Labute approximate surface area is 164 Å². The van der Waals surface area contributed by atoms with Crippen LogP contribution in [-0.4, -0.2) is 34.1 Å². The molecule has 5 rings (SSSR count). The summed E-state index contributed by atoms with van der Waals surface area (Å²) in [6.45, 7) is 0.868. The highest BCUT2D eigenvalue weighted by Crippen LogP contribution is 2.38. The maximum absolute atomic E-state index is 4.74. The molecule has 0 amide bonds. The van der Waals surface area contributed by atoms with Crippen molar-refractivity contribution in [1.82, 2.24) is 14.8 Å². The van der Waals surface area contributed by atoms with E-state index in [1.54, 1.807) is 0 Å². The lowest BCUT2D eigenvalue weighted by Gasteiger charge is -2.32. The fourth-order valence-electron chi connectivity index (χ4n) is 4.00. The van der Waals surface area contributed by atoms with Crippen molar-refractivity contribution in [3.8, 4) is 11.1 Å². The summed E-state index contributed by atoms with van der Waals surface area (Å²) in [6.07, 6.45) is 6.73. The average Bonchev–Trinajstić information content (AvgIpc) is 3.18. The molecule has 3 heterocycles. The van der Waals surface area contributed by atoms with Crippen molar-refractivity contribution in [3.63, 3.8) is 0 Å². The summed E-state index contributed by atoms with van der Waals surface area (Å²) in [5, 5.41) is 6.68. The first kappa shape index (κ1) is 16.7. The lowest BCUT2D eigenvalue weighted by molar-refractivity contribution is 0.768. The summed E-state index contributed by atoms with van der Waals surface area (Å²) in [4.78, 5) is 11.6. The van der Waals surface area contributed by atoms with Gasteiger partial charge in [0.25, 0.3) is 0 Å². The maximum atomic E-state index is 4.74. The highest BCUT2D eigenvalue weighted by molar-refractivity contribution is 6.09. The van der Waals surface area contributed by atoms with Crippen LogP contribution in [0.3, 0.4) is 0 Å². The van der Waals surface area contributed by atoms with E-state index in [1.807, 2.05) is 37.4 Å². The van der Waals surface area contributed by atoms with Gasteiger partial charge in [0.05, 0.1) is 11.9 Å². The van der Waals surface area contributed by atoms with Crippen molar-refractivity contribution in [1.29, 1.82) is 0 Å². The van der Waals surface area contributed by atoms with Crippen molar-refractivity contribution < 1.29 is 0 Å². The number of aryl methyl sites for hydroxylation is 1. The van der Waals surface area contributed by atoms with Crippen molar-refractivity contribution in [2.45, 2.75) is 6.42 Å². The van der Waals surface area contributed by atoms with E-state index < -0.39 is 0 Å². The molecule has 5 nitrogen and oxygen atoms in total. The highest BCUT2D eigenvalue weighted by atomic mass is 15.2. The molecule has 2 aromatic carbocycles. The molecule has 5 heteroatoms. The number of aliphatic imine (C=N–C) groups is 1. The van der Waals surface area contributed by atoms with Crippen LogP contribution < -0.4 is 4.90 Å². The molecule has 28 heavy (non-hydrogen) atoms. The second kappa shape index (κ2) is 6.60. The number of fused-ring (bicyclic) bond motifs is 2. The number of nitrogens with zero attached hydrogens (tertiary/aromatic N) is 5. The molecule has 0 radical (unpaired) electrons. The number of anilines is 2. The van der Waals surface area contributed by atoms with Gasteiger partial charge in [-0.1, -0.05) is 30.3 Å². The Bertz CT molecular complexity index is 1200. The molecule has 0 saturated heterocycles. The number of hydrogen-bond acceptors (Lipinski definition) is 4. The zero-order chi connectivity index (χ0) is 19.1. The van der Waals surface area contributed by atoms with Gasteiger partial charge >= 0.3 is 0 Å². The minimum atomic E-state index is 0.868. The molecule has 4 aromatic rings. The second-order valence-corrected chi connectivity index (χ2v) is 7.06. The smallest absolute Gasteiger partial charge is 0.140 e. The Morgan fingerprint density at radius 2 is 1.93 bits per heavy atom. The molecule has 138 valence electrons. The largest absolute Gasteiger partial charge is 0.325 e. The Kier molecular flexibility index (Phi) is 3.93. The summed E-state index contributed by atoms with van der Waals surface area (Å²) < 4.78 is 1.83. The minimum absolute atomic E-state index is 0.868. The van der Waals surface area contributed by atoms with E-state index in [2.05, 4.69) is 63.5 Å². The molecular formula is C23H21N5. The summed E-state index contributed by atoms with van der Waals surface area (Å²) in [5.74, 6) is 1.00. The number of rotatable bonds is 2. The maximum Gasteiger partial charge on any atom is 0.140 e.